The minimum absolute atomic E-state index is 0.0736. The van der Waals surface area contributed by atoms with Crippen LogP contribution in [0, 0.1) is 5.41 Å². The van der Waals surface area contributed by atoms with Gasteiger partial charge in [-0.15, -0.1) is 0 Å². The van der Waals surface area contributed by atoms with Crippen LogP contribution in [-0.2, 0) is 19.4 Å². The summed E-state index contributed by atoms with van der Waals surface area (Å²) in [6.45, 7) is 15.6. The van der Waals surface area contributed by atoms with Crippen molar-refractivity contribution in [2.24, 2.45) is 5.41 Å². The van der Waals surface area contributed by atoms with E-state index in [1.165, 1.54) is 11.3 Å². The molecule has 1 aliphatic carbocycles. The van der Waals surface area contributed by atoms with Crippen LogP contribution in [0.5, 0.6) is 5.88 Å². The van der Waals surface area contributed by atoms with Crippen molar-refractivity contribution in [3.63, 3.8) is 0 Å². The highest BCUT2D eigenvalue weighted by Gasteiger charge is 2.47. The van der Waals surface area contributed by atoms with Gasteiger partial charge in [0.05, 0.1) is 48.6 Å². The molecule has 11 nitrogen and oxygen atoms in total. The fourth-order valence-electron chi connectivity index (χ4n) is 8.53. The van der Waals surface area contributed by atoms with E-state index in [0.29, 0.717) is 30.0 Å². The number of pyridine rings is 2. The number of amides is 1. The predicted molar refractivity (Wildman–Crippen MR) is 185 cm³/mol. The van der Waals surface area contributed by atoms with Crippen LogP contribution in [0.3, 0.4) is 0 Å². The predicted octanol–water partition coefficient (Wildman–Crippen LogP) is 4.22. The Kier molecular flexibility index (Phi) is 8.11. The average molecular weight is 643 g/mol. The van der Waals surface area contributed by atoms with Crippen molar-refractivity contribution in [2.75, 3.05) is 55.0 Å². The van der Waals surface area contributed by atoms with Gasteiger partial charge in [0.15, 0.2) is 0 Å². The summed E-state index contributed by atoms with van der Waals surface area (Å²) in [6, 6.07) is 8.18. The summed E-state index contributed by atoms with van der Waals surface area (Å²) in [5, 5.41) is 18.6. The van der Waals surface area contributed by atoms with Crippen LogP contribution in [0.4, 0.5) is 22.9 Å². The molecule has 3 aromatic rings. The van der Waals surface area contributed by atoms with Crippen molar-refractivity contribution in [1.29, 1.82) is 0 Å². The molecule has 3 N–H and O–H groups in total. The first-order valence-electron chi connectivity index (χ1n) is 17.2. The first-order valence-corrected chi connectivity index (χ1v) is 17.2. The lowest BCUT2D eigenvalue weighted by Gasteiger charge is -2.52. The molecular formula is C36H50N8O3. The highest BCUT2D eigenvalue weighted by Crippen LogP contribution is 2.41. The molecule has 2 fully saturated rings. The Morgan fingerprint density at radius 2 is 1.83 bits per heavy atom. The number of anilines is 4. The summed E-state index contributed by atoms with van der Waals surface area (Å²) in [5.74, 6) is 1.23. The third kappa shape index (κ3) is 5.92. The highest BCUT2D eigenvalue weighted by atomic mass is 16.5. The molecule has 0 aromatic carbocycles. The van der Waals surface area contributed by atoms with Crippen molar-refractivity contribution in [1.82, 2.24) is 24.8 Å². The topological polar surface area (TPSA) is 111 Å². The number of rotatable bonds is 7. The fraction of sp³-hybridized carbons (Fsp3) is 0.583. The molecule has 0 bridgehead atoms. The van der Waals surface area contributed by atoms with E-state index in [1.807, 2.05) is 43.3 Å². The standard InChI is InChI=1S/C36H50N8O3/c1-23-20-37-11-13-41(23)25-9-10-31(38-21-25)40-27-17-26(22-39-33(27)47-6)42-12-7-8-28(32(42)36(4,5)46)44-15-14-43-29(34(44)45)16-24-18-35(2,3)19-30(24)43/h9-10,16-17,21-23,28,32,37,46H,7-8,11-15,18-20H2,1-6H3,(H,38,40)/t23-,28+,32-/m0/s1. The van der Waals surface area contributed by atoms with Crippen LogP contribution in [-0.4, -0.2) is 94.0 Å². The lowest BCUT2D eigenvalue weighted by Crippen LogP contribution is -2.65. The lowest BCUT2D eigenvalue weighted by molar-refractivity contribution is -0.00321. The van der Waals surface area contributed by atoms with E-state index in [4.69, 9.17) is 9.72 Å². The molecule has 3 atom stereocenters. The van der Waals surface area contributed by atoms with Crippen LogP contribution < -0.4 is 25.2 Å². The normalized spacial score (nSPS) is 24.3. The number of carbonyl (C=O) groups excluding carboxylic acids is 1. The van der Waals surface area contributed by atoms with E-state index in [0.717, 1.165) is 75.5 Å². The SMILES string of the molecule is COc1ncc(N2CCC[C@@H](N3CCn4c(cc5c4CC(C)(C)C5)C3=O)[C@H]2C(C)(C)O)cc1Nc1ccc(N2CCNC[C@@H]2C)cn1. The van der Waals surface area contributed by atoms with Gasteiger partial charge in [0, 0.05) is 51.0 Å². The number of hydrogen-bond acceptors (Lipinski definition) is 9. The van der Waals surface area contributed by atoms with Crippen molar-refractivity contribution < 1.29 is 14.6 Å². The van der Waals surface area contributed by atoms with Gasteiger partial charge in [-0.1, -0.05) is 13.8 Å². The van der Waals surface area contributed by atoms with Gasteiger partial charge in [-0.3, -0.25) is 4.79 Å². The molecule has 7 rings (SSSR count). The summed E-state index contributed by atoms with van der Waals surface area (Å²) < 4.78 is 7.91. The van der Waals surface area contributed by atoms with Crippen molar-refractivity contribution >= 4 is 28.8 Å². The molecule has 3 aromatic heterocycles. The smallest absolute Gasteiger partial charge is 0.270 e. The van der Waals surface area contributed by atoms with Gasteiger partial charge in [0.2, 0.25) is 5.88 Å². The molecule has 1 amide bonds. The number of aromatic nitrogens is 3. The third-order valence-corrected chi connectivity index (χ3v) is 10.6. The Morgan fingerprint density at radius 3 is 2.55 bits per heavy atom. The molecule has 252 valence electrons. The van der Waals surface area contributed by atoms with Crippen molar-refractivity contribution in [2.45, 2.75) is 90.6 Å². The number of nitrogens with zero attached hydrogens (tertiary/aromatic N) is 6. The zero-order valence-corrected chi connectivity index (χ0v) is 28.7. The fourth-order valence-corrected chi connectivity index (χ4v) is 8.53. The Balaban J connectivity index is 1.14. The summed E-state index contributed by atoms with van der Waals surface area (Å²) in [7, 11) is 1.61. The Morgan fingerprint density at radius 1 is 1.02 bits per heavy atom. The Bertz CT molecular complexity index is 1630. The number of methoxy groups -OCH3 is 1. The number of ether oxygens (including phenoxy) is 1. The average Bonchev–Trinajstić information content (AvgIpc) is 3.53. The van der Waals surface area contributed by atoms with Crippen LogP contribution in [0.2, 0.25) is 0 Å². The number of nitrogens with one attached hydrogen (secondary N) is 2. The van der Waals surface area contributed by atoms with Crippen LogP contribution in [0.25, 0.3) is 0 Å². The molecule has 0 radical (unpaired) electrons. The van der Waals surface area contributed by atoms with E-state index < -0.39 is 5.60 Å². The lowest BCUT2D eigenvalue weighted by atomic mass is 9.83. The van der Waals surface area contributed by atoms with E-state index in [-0.39, 0.29) is 23.4 Å². The second-order valence-electron chi connectivity index (χ2n) is 15.2. The maximum absolute atomic E-state index is 14.1. The monoisotopic (exact) mass is 642 g/mol. The van der Waals surface area contributed by atoms with Gasteiger partial charge in [-0.2, -0.15) is 0 Å². The maximum Gasteiger partial charge on any atom is 0.270 e. The second kappa shape index (κ2) is 12.0. The van der Waals surface area contributed by atoms with Gasteiger partial charge in [-0.05, 0) is 81.7 Å². The van der Waals surface area contributed by atoms with E-state index >= 15 is 0 Å². The Labute approximate surface area is 278 Å². The number of hydrogen-bond donors (Lipinski definition) is 3. The Hall–Kier alpha value is -3.83. The molecular weight excluding hydrogens is 592 g/mol. The zero-order valence-electron chi connectivity index (χ0n) is 28.7. The van der Waals surface area contributed by atoms with Crippen LogP contribution in [0.1, 0.15) is 69.2 Å². The van der Waals surface area contributed by atoms with E-state index in [1.54, 1.807) is 7.11 Å². The van der Waals surface area contributed by atoms with Crippen molar-refractivity contribution in [3.8, 4) is 5.88 Å². The maximum atomic E-state index is 14.1. The van der Waals surface area contributed by atoms with Crippen molar-refractivity contribution in [3.05, 3.63) is 53.6 Å². The minimum Gasteiger partial charge on any atom is -0.480 e. The molecule has 2 saturated heterocycles. The van der Waals surface area contributed by atoms with Gasteiger partial charge in [-0.25, -0.2) is 9.97 Å². The first kappa shape index (κ1) is 31.8. The molecule has 0 saturated carbocycles. The summed E-state index contributed by atoms with van der Waals surface area (Å²) >= 11 is 0. The largest absolute Gasteiger partial charge is 0.480 e. The molecule has 3 aliphatic heterocycles. The highest BCUT2D eigenvalue weighted by molar-refractivity contribution is 5.94. The third-order valence-electron chi connectivity index (χ3n) is 10.6. The molecule has 0 spiro atoms. The zero-order chi connectivity index (χ0) is 33.1. The number of carbonyl (C=O) groups is 1. The summed E-state index contributed by atoms with van der Waals surface area (Å²) in [6.07, 6.45) is 7.47. The molecule has 11 heteroatoms. The van der Waals surface area contributed by atoms with Gasteiger partial charge in [0.25, 0.3) is 5.91 Å². The number of aliphatic hydroxyl groups is 1. The van der Waals surface area contributed by atoms with Gasteiger partial charge < -0.3 is 39.7 Å². The van der Waals surface area contributed by atoms with Crippen LogP contribution >= 0.6 is 0 Å². The second-order valence-corrected chi connectivity index (χ2v) is 15.2. The van der Waals surface area contributed by atoms with Crippen LogP contribution in [0.15, 0.2) is 36.7 Å². The van der Waals surface area contributed by atoms with Gasteiger partial charge >= 0.3 is 0 Å². The quantitative estimate of drug-likeness (QED) is 0.349. The molecule has 4 aliphatic rings. The molecule has 6 heterocycles. The number of fused-ring (bicyclic) bond motifs is 3. The molecule has 47 heavy (non-hydrogen) atoms. The first-order chi connectivity index (χ1) is 22.4. The van der Waals surface area contributed by atoms with Gasteiger partial charge in [0.1, 0.15) is 17.2 Å². The number of piperidine rings is 1. The van der Waals surface area contributed by atoms with E-state index in [2.05, 4.69) is 62.9 Å². The van der Waals surface area contributed by atoms with E-state index in [9.17, 15) is 9.90 Å². The summed E-state index contributed by atoms with van der Waals surface area (Å²) in [4.78, 5) is 30.2. The number of piperazine rings is 1. The minimum atomic E-state index is -1.08. The summed E-state index contributed by atoms with van der Waals surface area (Å²) in [5.41, 5.74) is 5.27. The molecule has 0 unspecified atom stereocenters.